The second-order valence-electron chi connectivity index (χ2n) is 6.99. The van der Waals surface area contributed by atoms with E-state index in [0.717, 1.165) is 10.5 Å². The third-order valence-corrected chi connectivity index (χ3v) is 5.40. The van der Waals surface area contributed by atoms with Gasteiger partial charge in [-0.1, -0.05) is 29.8 Å². The van der Waals surface area contributed by atoms with E-state index in [0.29, 0.717) is 27.7 Å². The van der Waals surface area contributed by atoms with Crippen LogP contribution in [-0.2, 0) is 9.59 Å². The molecule has 1 aliphatic heterocycles. The standard InChI is InChI=1S/C24H18ClFN2O3/c1-14-3-8-17(13-20(14)25)27-22-21(15-4-6-16(26)7-5-15)23(29)28(24(22)30)18-9-11-19(31-2)12-10-18/h3-13,27H,1-2H3. The van der Waals surface area contributed by atoms with Crippen molar-refractivity contribution in [2.45, 2.75) is 6.92 Å². The van der Waals surface area contributed by atoms with Crippen molar-refractivity contribution in [1.29, 1.82) is 0 Å². The topological polar surface area (TPSA) is 58.6 Å². The Labute approximate surface area is 183 Å². The van der Waals surface area contributed by atoms with Gasteiger partial charge in [-0.25, -0.2) is 9.29 Å². The molecule has 3 aromatic carbocycles. The summed E-state index contributed by atoms with van der Waals surface area (Å²) >= 11 is 6.22. The highest BCUT2D eigenvalue weighted by molar-refractivity contribution is 6.46. The molecule has 0 aliphatic carbocycles. The highest BCUT2D eigenvalue weighted by atomic mass is 35.5. The number of imide groups is 1. The van der Waals surface area contributed by atoms with Crippen LogP contribution < -0.4 is 15.0 Å². The first-order valence-electron chi connectivity index (χ1n) is 9.45. The van der Waals surface area contributed by atoms with Crippen molar-refractivity contribution in [3.05, 3.63) is 94.4 Å². The van der Waals surface area contributed by atoms with Crippen molar-refractivity contribution >= 4 is 40.4 Å². The molecule has 0 aromatic heterocycles. The molecule has 1 heterocycles. The van der Waals surface area contributed by atoms with Crippen LogP contribution >= 0.6 is 11.6 Å². The highest BCUT2D eigenvalue weighted by Gasteiger charge is 2.40. The largest absolute Gasteiger partial charge is 0.497 e. The van der Waals surface area contributed by atoms with Gasteiger partial charge in [0.05, 0.1) is 18.4 Å². The SMILES string of the molecule is COc1ccc(N2C(=O)C(Nc3ccc(C)c(Cl)c3)=C(c3ccc(F)cc3)C2=O)cc1. The molecule has 0 fully saturated rings. The quantitative estimate of drug-likeness (QED) is 0.559. The third kappa shape index (κ3) is 3.90. The number of ether oxygens (including phenoxy) is 1. The Balaban J connectivity index is 1.80. The van der Waals surface area contributed by atoms with Gasteiger partial charge in [0.2, 0.25) is 0 Å². The molecule has 1 N–H and O–H groups in total. The number of amides is 2. The first-order chi connectivity index (χ1) is 14.9. The molecule has 0 saturated heterocycles. The number of methoxy groups -OCH3 is 1. The summed E-state index contributed by atoms with van der Waals surface area (Å²) in [7, 11) is 1.53. The maximum Gasteiger partial charge on any atom is 0.282 e. The van der Waals surface area contributed by atoms with Gasteiger partial charge >= 0.3 is 0 Å². The third-order valence-electron chi connectivity index (χ3n) is 4.99. The first kappa shape index (κ1) is 20.6. The summed E-state index contributed by atoms with van der Waals surface area (Å²) in [5, 5.41) is 3.56. The van der Waals surface area contributed by atoms with Crippen molar-refractivity contribution < 1.29 is 18.7 Å². The van der Waals surface area contributed by atoms with Gasteiger partial charge in [-0.15, -0.1) is 0 Å². The van der Waals surface area contributed by atoms with Crippen molar-refractivity contribution in [1.82, 2.24) is 0 Å². The van der Waals surface area contributed by atoms with Crippen LogP contribution in [0.2, 0.25) is 5.02 Å². The summed E-state index contributed by atoms with van der Waals surface area (Å²) in [6.45, 7) is 1.87. The number of benzene rings is 3. The minimum absolute atomic E-state index is 0.0901. The van der Waals surface area contributed by atoms with Crippen molar-refractivity contribution in [3.8, 4) is 5.75 Å². The van der Waals surface area contributed by atoms with Gasteiger partial charge < -0.3 is 10.1 Å². The van der Waals surface area contributed by atoms with E-state index in [1.807, 2.05) is 13.0 Å². The number of aryl methyl sites for hydroxylation is 1. The van der Waals surface area contributed by atoms with E-state index in [1.165, 1.54) is 31.4 Å². The predicted molar refractivity (Wildman–Crippen MR) is 119 cm³/mol. The first-order valence-corrected chi connectivity index (χ1v) is 9.83. The average Bonchev–Trinajstić information content (AvgIpc) is 3.01. The Morgan fingerprint density at radius 2 is 1.61 bits per heavy atom. The van der Waals surface area contributed by atoms with Gasteiger partial charge in [-0.2, -0.15) is 0 Å². The fourth-order valence-electron chi connectivity index (χ4n) is 3.31. The van der Waals surface area contributed by atoms with Crippen LogP contribution in [0.25, 0.3) is 5.57 Å². The van der Waals surface area contributed by atoms with Gasteiger partial charge in [0.1, 0.15) is 17.3 Å². The number of carbonyl (C=O) groups excluding carboxylic acids is 2. The maximum absolute atomic E-state index is 13.5. The monoisotopic (exact) mass is 436 g/mol. The van der Waals surface area contributed by atoms with E-state index in [2.05, 4.69) is 5.32 Å². The molecule has 2 amide bonds. The van der Waals surface area contributed by atoms with E-state index in [4.69, 9.17) is 16.3 Å². The summed E-state index contributed by atoms with van der Waals surface area (Å²) in [4.78, 5) is 27.7. The zero-order valence-electron chi connectivity index (χ0n) is 16.8. The lowest BCUT2D eigenvalue weighted by molar-refractivity contribution is -0.120. The van der Waals surface area contributed by atoms with Crippen LogP contribution in [-0.4, -0.2) is 18.9 Å². The van der Waals surface area contributed by atoms with Crippen molar-refractivity contribution in [3.63, 3.8) is 0 Å². The highest BCUT2D eigenvalue weighted by Crippen LogP contribution is 2.35. The molecule has 3 aromatic rings. The van der Waals surface area contributed by atoms with Crippen molar-refractivity contribution in [2.24, 2.45) is 0 Å². The smallest absolute Gasteiger partial charge is 0.282 e. The Hall–Kier alpha value is -3.64. The lowest BCUT2D eigenvalue weighted by Crippen LogP contribution is -2.32. The molecular weight excluding hydrogens is 419 g/mol. The van der Waals surface area contributed by atoms with Gasteiger partial charge in [0.25, 0.3) is 11.8 Å². The van der Waals surface area contributed by atoms with Crippen LogP contribution in [0.1, 0.15) is 11.1 Å². The number of anilines is 2. The molecule has 0 radical (unpaired) electrons. The van der Waals surface area contributed by atoms with E-state index in [9.17, 15) is 14.0 Å². The lowest BCUT2D eigenvalue weighted by atomic mass is 10.0. The van der Waals surface area contributed by atoms with Gasteiger partial charge in [-0.05, 0) is 66.6 Å². The van der Waals surface area contributed by atoms with Crippen LogP contribution in [0.15, 0.2) is 72.4 Å². The molecule has 0 saturated carbocycles. The van der Waals surface area contributed by atoms with Crippen LogP contribution in [0.4, 0.5) is 15.8 Å². The molecule has 7 heteroatoms. The van der Waals surface area contributed by atoms with Crippen molar-refractivity contribution in [2.75, 3.05) is 17.3 Å². The van der Waals surface area contributed by atoms with Gasteiger partial charge in [0, 0.05) is 10.7 Å². The number of nitrogens with zero attached hydrogens (tertiary/aromatic N) is 1. The molecule has 156 valence electrons. The fourth-order valence-corrected chi connectivity index (χ4v) is 3.49. The van der Waals surface area contributed by atoms with Crippen LogP contribution in [0, 0.1) is 12.7 Å². The number of nitrogens with one attached hydrogen (secondary N) is 1. The van der Waals surface area contributed by atoms with E-state index in [1.54, 1.807) is 36.4 Å². The normalized spacial score (nSPS) is 13.7. The minimum Gasteiger partial charge on any atom is -0.497 e. The van der Waals surface area contributed by atoms with Gasteiger partial charge in [-0.3, -0.25) is 9.59 Å². The Morgan fingerprint density at radius 3 is 2.23 bits per heavy atom. The molecule has 5 nitrogen and oxygen atoms in total. The summed E-state index contributed by atoms with van der Waals surface area (Å²) in [6, 6.07) is 17.3. The summed E-state index contributed by atoms with van der Waals surface area (Å²) in [5.74, 6) is -0.871. The Morgan fingerprint density at radius 1 is 0.935 bits per heavy atom. The van der Waals surface area contributed by atoms with E-state index >= 15 is 0 Å². The number of hydrogen-bond donors (Lipinski definition) is 1. The second-order valence-corrected chi connectivity index (χ2v) is 7.40. The number of rotatable bonds is 5. The summed E-state index contributed by atoms with van der Waals surface area (Å²) in [6.07, 6.45) is 0. The van der Waals surface area contributed by atoms with Crippen LogP contribution in [0.3, 0.4) is 0 Å². The van der Waals surface area contributed by atoms with Gasteiger partial charge in [0.15, 0.2) is 0 Å². The zero-order chi connectivity index (χ0) is 22.1. The molecule has 0 spiro atoms. The average molecular weight is 437 g/mol. The Kier molecular flexibility index (Phi) is 5.48. The number of halogens is 2. The summed E-state index contributed by atoms with van der Waals surface area (Å²) in [5.41, 5.74) is 2.51. The second kappa shape index (κ2) is 8.24. The summed E-state index contributed by atoms with van der Waals surface area (Å²) < 4.78 is 18.6. The Bertz CT molecular complexity index is 1200. The molecule has 1 aliphatic rings. The lowest BCUT2D eigenvalue weighted by Gasteiger charge is -2.16. The molecular formula is C24H18ClFN2O3. The fraction of sp³-hybridized carbons (Fsp3) is 0.0833. The number of hydrogen-bond acceptors (Lipinski definition) is 4. The molecule has 0 atom stereocenters. The zero-order valence-corrected chi connectivity index (χ0v) is 17.5. The molecule has 4 rings (SSSR count). The minimum atomic E-state index is -0.522. The molecule has 0 unspecified atom stereocenters. The van der Waals surface area contributed by atoms with E-state index in [-0.39, 0.29) is 11.3 Å². The maximum atomic E-state index is 13.5. The number of carbonyl (C=O) groups is 2. The predicted octanol–water partition coefficient (Wildman–Crippen LogP) is 5.19. The van der Waals surface area contributed by atoms with E-state index < -0.39 is 17.6 Å². The molecule has 31 heavy (non-hydrogen) atoms. The molecule has 0 bridgehead atoms. The van der Waals surface area contributed by atoms with Crippen LogP contribution in [0.5, 0.6) is 5.75 Å².